The minimum Gasteiger partial charge on any atom is -0.495 e. The molecule has 0 spiro atoms. The molecule has 3 nitrogen and oxygen atoms in total. The van der Waals surface area contributed by atoms with Crippen LogP contribution in [0, 0.1) is 0 Å². The van der Waals surface area contributed by atoms with Gasteiger partial charge in [-0.15, -0.1) is 0 Å². The van der Waals surface area contributed by atoms with Crippen LogP contribution in [0.15, 0.2) is 12.1 Å². The predicted octanol–water partition coefficient (Wildman–Crippen LogP) is 2.74. The normalized spacial score (nSPS) is 10.5. The zero-order chi connectivity index (χ0) is 12.0. The Morgan fingerprint density at radius 2 is 1.94 bits per heavy atom. The number of ether oxygens (including phenoxy) is 2. The Hall–Kier alpha value is -0.480. The summed E-state index contributed by atoms with van der Waals surface area (Å²) in [6.07, 6.45) is 0. The Kier molecular flexibility index (Phi) is 5.91. The van der Waals surface area contributed by atoms with E-state index in [4.69, 9.17) is 32.7 Å². The minimum absolute atomic E-state index is 0.565. The zero-order valence-electron chi connectivity index (χ0n) is 9.35. The smallest absolute Gasteiger partial charge is 0.138 e. The number of hydrogen-bond acceptors (Lipinski definition) is 3. The highest BCUT2D eigenvalue weighted by Crippen LogP contribution is 2.30. The van der Waals surface area contributed by atoms with E-state index >= 15 is 0 Å². The van der Waals surface area contributed by atoms with Crippen molar-refractivity contribution in [3.63, 3.8) is 0 Å². The first-order valence-electron chi connectivity index (χ1n) is 4.90. The van der Waals surface area contributed by atoms with Gasteiger partial charge in [-0.1, -0.05) is 23.2 Å². The summed E-state index contributed by atoms with van der Waals surface area (Å²) < 4.78 is 10.00. The van der Waals surface area contributed by atoms with Crippen molar-refractivity contribution in [3.05, 3.63) is 27.7 Å². The summed E-state index contributed by atoms with van der Waals surface area (Å²) >= 11 is 12.1. The Bertz CT molecular complexity index is 345. The fourth-order valence-electron chi connectivity index (χ4n) is 1.26. The Morgan fingerprint density at radius 1 is 1.19 bits per heavy atom. The molecule has 0 amide bonds. The molecule has 0 saturated carbocycles. The van der Waals surface area contributed by atoms with Crippen LogP contribution in [0.2, 0.25) is 10.0 Å². The van der Waals surface area contributed by atoms with Gasteiger partial charge in [-0.05, 0) is 11.6 Å². The fraction of sp³-hybridized carbons (Fsp3) is 0.455. The van der Waals surface area contributed by atoms with Crippen molar-refractivity contribution in [1.29, 1.82) is 0 Å². The number of halogens is 2. The molecule has 90 valence electrons. The first-order chi connectivity index (χ1) is 7.69. The second-order valence-electron chi connectivity index (χ2n) is 3.25. The highest BCUT2D eigenvalue weighted by Gasteiger charge is 2.07. The van der Waals surface area contributed by atoms with E-state index in [0.29, 0.717) is 28.9 Å². The van der Waals surface area contributed by atoms with Gasteiger partial charge in [0.05, 0.1) is 18.7 Å². The highest BCUT2D eigenvalue weighted by atomic mass is 35.5. The summed E-state index contributed by atoms with van der Waals surface area (Å²) in [6.45, 7) is 2.10. The summed E-state index contributed by atoms with van der Waals surface area (Å²) in [4.78, 5) is 0. The summed E-state index contributed by atoms with van der Waals surface area (Å²) in [5.74, 6) is 0.590. The van der Waals surface area contributed by atoms with Gasteiger partial charge in [-0.25, -0.2) is 0 Å². The van der Waals surface area contributed by atoms with Crippen LogP contribution < -0.4 is 10.1 Å². The van der Waals surface area contributed by atoms with Crippen LogP contribution in [-0.4, -0.2) is 27.4 Å². The lowest BCUT2D eigenvalue weighted by Gasteiger charge is -2.09. The molecular weight excluding hydrogens is 249 g/mol. The number of rotatable bonds is 6. The van der Waals surface area contributed by atoms with Crippen LogP contribution in [0.1, 0.15) is 5.56 Å². The molecule has 1 aromatic rings. The van der Waals surface area contributed by atoms with Gasteiger partial charge >= 0.3 is 0 Å². The van der Waals surface area contributed by atoms with Crippen LogP contribution in [-0.2, 0) is 11.3 Å². The summed E-state index contributed by atoms with van der Waals surface area (Å²) in [5.41, 5.74) is 0.948. The molecule has 5 heteroatoms. The maximum atomic E-state index is 6.08. The van der Waals surface area contributed by atoms with E-state index < -0.39 is 0 Å². The minimum atomic E-state index is 0.565. The van der Waals surface area contributed by atoms with Crippen LogP contribution in [0.5, 0.6) is 5.75 Å². The average Bonchev–Trinajstić information content (AvgIpc) is 2.28. The maximum Gasteiger partial charge on any atom is 0.138 e. The molecule has 0 atom stereocenters. The number of hydrogen-bond donors (Lipinski definition) is 1. The van der Waals surface area contributed by atoms with Crippen molar-refractivity contribution in [2.75, 3.05) is 27.4 Å². The fourth-order valence-corrected chi connectivity index (χ4v) is 1.74. The summed E-state index contributed by atoms with van der Waals surface area (Å²) in [5, 5.41) is 4.41. The zero-order valence-corrected chi connectivity index (χ0v) is 10.9. The molecule has 1 N–H and O–H groups in total. The second kappa shape index (κ2) is 6.97. The van der Waals surface area contributed by atoms with Crippen molar-refractivity contribution in [2.24, 2.45) is 0 Å². The molecule has 0 unspecified atom stereocenters. The molecule has 16 heavy (non-hydrogen) atoms. The van der Waals surface area contributed by atoms with Gasteiger partial charge in [0.25, 0.3) is 0 Å². The number of methoxy groups -OCH3 is 2. The molecule has 0 heterocycles. The van der Waals surface area contributed by atoms with E-state index in [1.54, 1.807) is 20.3 Å². The first-order valence-corrected chi connectivity index (χ1v) is 5.66. The lowest BCUT2D eigenvalue weighted by molar-refractivity contribution is 0.199. The summed E-state index contributed by atoms with van der Waals surface area (Å²) in [7, 11) is 3.23. The van der Waals surface area contributed by atoms with E-state index in [9.17, 15) is 0 Å². The van der Waals surface area contributed by atoms with Gasteiger partial charge in [-0.2, -0.15) is 0 Å². The average molecular weight is 264 g/mol. The van der Waals surface area contributed by atoms with E-state index in [2.05, 4.69) is 5.32 Å². The topological polar surface area (TPSA) is 30.5 Å². The largest absolute Gasteiger partial charge is 0.495 e. The molecular formula is C11H15Cl2NO2. The lowest BCUT2D eigenvalue weighted by atomic mass is 10.2. The van der Waals surface area contributed by atoms with Crippen molar-refractivity contribution in [1.82, 2.24) is 5.32 Å². The molecule has 0 aliphatic carbocycles. The van der Waals surface area contributed by atoms with Crippen LogP contribution >= 0.6 is 23.2 Å². The third-order valence-electron chi connectivity index (χ3n) is 2.12. The number of benzene rings is 1. The molecule has 1 aromatic carbocycles. The molecule has 0 radical (unpaired) electrons. The Labute approximate surface area is 106 Å². The SMILES string of the molecule is COCCNCc1cc(Cl)c(OC)cc1Cl. The molecule has 0 fully saturated rings. The quantitative estimate of drug-likeness (QED) is 0.801. The van der Waals surface area contributed by atoms with Gasteiger partial charge in [0.15, 0.2) is 0 Å². The van der Waals surface area contributed by atoms with Gasteiger partial charge in [0, 0.05) is 31.3 Å². The van der Waals surface area contributed by atoms with E-state index in [1.807, 2.05) is 6.07 Å². The van der Waals surface area contributed by atoms with Gasteiger partial charge in [-0.3, -0.25) is 0 Å². The maximum absolute atomic E-state index is 6.08. The van der Waals surface area contributed by atoms with Gasteiger partial charge in [0.2, 0.25) is 0 Å². The van der Waals surface area contributed by atoms with Crippen molar-refractivity contribution < 1.29 is 9.47 Å². The van der Waals surface area contributed by atoms with E-state index in [0.717, 1.165) is 12.1 Å². The standard InChI is InChI=1S/C11H15Cl2NO2/c1-15-4-3-14-7-8-5-10(13)11(16-2)6-9(8)12/h5-6,14H,3-4,7H2,1-2H3. The van der Waals surface area contributed by atoms with E-state index in [1.165, 1.54) is 0 Å². The highest BCUT2D eigenvalue weighted by molar-refractivity contribution is 6.34. The van der Waals surface area contributed by atoms with E-state index in [-0.39, 0.29) is 0 Å². The lowest BCUT2D eigenvalue weighted by Crippen LogP contribution is -2.18. The molecule has 0 aromatic heterocycles. The van der Waals surface area contributed by atoms with Crippen molar-refractivity contribution >= 4 is 23.2 Å². The predicted molar refractivity (Wildman–Crippen MR) is 66.6 cm³/mol. The molecule has 0 saturated heterocycles. The monoisotopic (exact) mass is 263 g/mol. The second-order valence-corrected chi connectivity index (χ2v) is 4.06. The Morgan fingerprint density at radius 3 is 2.56 bits per heavy atom. The van der Waals surface area contributed by atoms with Gasteiger partial charge in [0.1, 0.15) is 5.75 Å². The van der Waals surface area contributed by atoms with Crippen molar-refractivity contribution in [2.45, 2.75) is 6.54 Å². The van der Waals surface area contributed by atoms with Gasteiger partial charge < -0.3 is 14.8 Å². The third-order valence-corrected chi connectivity index (χ3v) is 2.77. The molecule has 0 aliphatic rings. The summed E-state index contributed by atoms with van der Waals surface area (Å²) in [6, 6.07) is 3.53. The number of nitrogens with one attached hydrogen (secondary N) is 1. The van der Waals surface area contributed by atoms with Crippen molar-refractivity contribution in [3.8, 4) is 5.75 Å². The molecule has 0 aliphatic heterocycles. The Balaban J connectivity index is 2.63. The van der Waals surface area contributed by atoms with Crippen LogP contribution in [0.4, 0.5) is 0 Å². The molecule has 1 rings (SSSR count). The molecule has 0 bridgehead atoms. The third kappa shape index (κ3) is 3.83. The first kappa shape index (κ1) is 13.6. The van der Waals surface area contributed by atoms with Crippen LogP contribution in [0.3, 0.4) is 0 Å². The van der Waals surface area contributed by atoms with Crippen LogP contribution in [0.25, 0.3) is 0 Å².